The van der Waals surface area contributed by atoms with Gasteiger partial charge in [-0.2, -0.15) is 0 Å². The van der Waals surface area contributed by atoms with Gasteiger partial charge in [-0.25, -0.2) is 0 Å². The first kappa shape index (κ1) is 12.0. The Labute approximate surface area is 91.6 Å². The molecule has 1 aromatic rings. The lowest BCUT2D eigenvalue weighted by atomic mass is 9.94. The minimum atomic E-state index is 0.242. The van der Waals surface area contributed by atoms with Crippen molar-refractivity contribution in [3.05, 3.63) is 29.8 Å². The Morgan fingerprint density at radius 2 is 2.07 bits per heavy atom. The van der Waals surface area contributed by atoms with Crippen LogP contribution in [0.3, 0.4) is 0 Å². The Kier molecular flexibility index (Phi) is 4.59. The summed E-state index contributed by atoms with van der Waals surface area (Å²) in [6.07, 6.45) is 0. The first-order valence-electron chi connectivity index (χ1n) is 5.24. The lowest BCUT2D eigenvalue weighted by Gasteiger charge is -2.24. The molecule has 0 heterocycles. The van der Waals surface area contributed by atoms with Crippen LogP contribution in [-0.4, -0.2) is 20.7 Å². The number of nitrogens with two attached hydrogens (primary N) is 1. The fourth-order valence-corrected chi connectivity index (χ4v) is 1.81. The predicted molar refractivity (Wildman–Crippen MR) is 63.0 cm³/mol. The molecule has 2 atom stereocenters. The summed E-state index contributed by atoms with van der Waals surface area (Å²) < 4.78 is 5.34. The van der Waals surface area contributed by atoms with E-state index in [2.05, 4.69) is 18.3 Å². The Hall–Kier alpha value is -1.06. The van der Waals surface area contributed by atoms with Crippen LogP contribution in [0, 0.1) is 5.92 Å². The maximum atomic E-state index is 5.70. The average Bonchev–Trinajstić information content (AvgIpc) is 2.30. The van der Waals surface area contributed by atoms with Gasteiger partial charge in [0.15, 0.2) is 0 Å². The van der Waals surface area contributed by atoms with Gasteiger partial charge in [0.2, 0.25) is 0 Å². The van der Waals surface area contributed by atoms with E-state index in [1.54, 1.807) is 7.11 Å². The van der Waals surface area contributed by atoms with Gasteiger partial charge in [0, 0.05) is 11.6 Å². The molecule has 3 heteroatoms. The third kappa shape index (κ3) is 2.70. The quantitative estimate of drug-likeness (QED) is 0.772. The van der Waals surface area contributed by atoms with Gasteiger partial charge in [0.1, 0.15) is 5.75 Å². The highest BCUT2D eigenvalue weighted by Gasteiger charge is 2.19. The molecule has 0 amide bonds. The number of hydrogen-bond acceptors (Lipinski definition) is 3. The SMILES string of the molecule is CNC(c1ccccc1OC)C(C)CN. The molecule has 84 valence electrons. The van der Waals surface area contributed by atoms with Crippen molar-refractivity contribution in [1.29, 1.82) is 0 Å². The molecule has 0 fully saturated rings. The number of rotatable bonds is 5. The fourth-order valence-electron chi connectivity index (χ4n) is 1.81. The van der Waals surface area contributed by atoms with Crippen LogP contribution in [0.25, 0.3) is 0 Å². The van der Waals surface area contributed by atoms with Crippen molar-refractivity contribution in [3.63, 3.8) is 0 Å². The largest absolute Gasteiger partial charge is 0.496 e. The highest BCUT2D eigenvalue weighted by atomic mass is 16.5. The summed E-state index contributed by atoms with van der Waals surface area (Å²) >= 11 is 0. The third-order valence-corrected chi connectivity index (χ3v) is 2.73. The highest BCUT2D eigenvalue weighted by molar-refractivity contribution is 5.36. The zero-order valence-corrected chi connectivity index (χ0v) is 9.66. The maximum absolute atomic E-state index is 5.70. The number of methoxy groups -OCH3 is 1. The van der Waals surface area contributed by atoms with Crippen molar-refractivity contribution >= 4 is 0 Å². The number of para-hydroxylation sites is 1. The van der Waals surface area contributed by atoms with E-state index in [-0.39, 0.29) is 6.04 Å². The van der Waals surface area contributed by atoms with Crippen LogP contribution in [0.4, 0.5) is 0 Å². The van der Waals surface area contributed by atoms with Crippen LogP contribution < -0.4 is 15.8 Å². The molecule has 2 unspecified atom stereocenters. The fraction of sp³-hybridized carbons (Fsp3) is 0.500. The van der Waals surface area contributed by atoms with Crippen molar-refractivity contribution in [3.8, 4) is 5.75 Å². The molecular weight excluding hydrogens is 188 g/mol. The van der Waals surface area contributed by atoms with E-state index in [9.17, 15) is 0 Å². The molecule has 3 nitrogen and oxygen atoms in total. The number of ether oxygens (including phenoxy) is 1. The minimum absolute atomic E-state index is 0.242. The van der Waals surface area contributed by atoms with Gasteiger partial charge in [0.05, 0.1) is 7.11 Å². The van der Waals surface area contributed by atoms with Gasteiger partial charge in [-0.3, -0.25) is 0 Å². The Balaban J connectivity index is 3.00. The molecular formula is C12H20N2O. The van der Waals surface area contributed by atoms with Gasteiger partial charge < -0.3 is 15.8 Å². The van der Waals surface area contributed by atoms with Gasteiger partial charge >= 0.3 is 0 Å². The molecule has 0 bridgehead atoms. The summed E-state index contributed by atoms with van der Waals surface area (Å²) in [4.78, 5) is 0. The van der Waals surface area contributed by atoms with Gasteiger partial charge in [-0.15, -0.1) is 0 Å². The normalized spacial score (nSPS) is 14.7. The first-order chi connectivity index (χ1) is 7.24. The molecule has 0 saturated carbocycles. The monoisotopic (exact) mass is 208 g/mol. The standard InChI is InChI=1S/C12H20N2O/c1-9(8-13)12(14-2)10-6-4-5-7-11(10)15-3/h4-7,9,12,14H,8,13H2,1-3H3. The second kappa shape index (κ2) is 5.73. The number of benzene rings is 1. The van der Waals surface area contributed by atoms with Crippen LogP contribution in [0.15, 0.2) is 24.3 Å². The van der Waals surface area contributed by atoms with Crippen LogP contribution in [0.2, 0.25) is 0 Å². The van der Waals surface area contributed by atoms with E-state index in [4.69, 9.17) is 10.5 Å². The Morgan fingerprint density at radius 1 is 1.40 bits per heavy atom. The summed E-state index contributed by atoms with van der Waals surface area (Å²) in [6.45, 7) is 2.79. The zero-order valence-electron chi connectivity index (χ0n) is 9.66. The molecule has 1 rings (SSSR count). The van der Waals surface area contributed by atoms with Crippen molar-refractivity contribution in [2.45, 2.75) is 13.0 Å². The van der Waals surface area contributed by atoms with Crippen LogP contribution in [0.1, 0.15) is 18.5 Å². The van der Waals surface area contributed by atoms with E-state index in [1.807, 2.05) is 25.2 Å². The lowest BCUT2D eigenvalue weighted by Crippen LogP contribution is -2.28. The summed E-state index contributed by atoms with van der Waals surface area (Å²) in [5.41, 5.74) is 6.86. The smallest absolute Gasteiger partial charge is 0.123 e. The summed E-state index contributed by atoms with van der Waals surface area (Å²) in [7, 11) is 3.64. The van der Waals surface area contributed by atoms with Crippen LogP contribution in [0.5, 0.6) is 5.75 Å². The first-order valence-corrected chi connectivity index (χ1v) is 5.24. The zero-order chi connectivity index (χ0) is 11.3. The predicted octanol–water partition coefficient (Wildman–Crippen LogP) is 1.55. The maximum Gasteiger partial charge on any atom is 0.123 e. The topological polar surface area (TPSA) is 47.3 Å². The molecule has 0 aliphatic heterocycles. The highest BCUT2D eigenvalue weighted by Crippen LogP contribution is 2.28. The molecule has 0 spiro atoms. The molecule has 1 aromatic carbocycles. The molecule has 3 N–H and O–H groups in total. The second-order valence-corrected chi connectivity index (χ2v) is 3.72. The van der Waals surface area contributed by atoms with E-state index < -0.39 is 0 Å². The van der Waals surface area contributed by atoms with E-state index in [0.717, 1.165) is 5.75 Å². The molecule has 0 aromatic heterocycles. The lowest BCUT2D eigenvalue weighted by molar-refractivity contribution is 0.374. The van der Waals surface area contributed by atoms with Gasteiger partial charge in [-0.05, 0) is 25.6 Å². The Morgan fingerprint density at radius 3 is 2.60 bits per heavy atom. The van der Waals surface area contributed by atoms with Crippen LogP contribution in [-0.2, 0) is 0 Å². The molecule has 0 aliphatic rings. The second-order valence-electron chi connectivity index (χ2n) is 3.72. The average molecular weight is 208 g/mol. The molecule has 0 radical (unpaired) electrons. The number of hydrogen-bond donors (Lipinski definition) is 2. The molecule has 15 heavy (non-hydrogen) atoms. The van der Waals surface area contributed by atoms with E-state index in [0.29, 0.717) is 12.5 Å². The van der Waals surface area contributed by atoms with Crippen molar-refractivity contribution in [1.82, 2.24) is 5.32 Å². The van der Waals surface area contributed by atoms with Gasteiger partial charge in [-0.1, -0.05) is 25.1 Å². The van der Waals surface area contributed by atoms with Gasteiger partial charge in [0.25, 0.3) is 0 Å². The van der Waals surface area contributed by atoms with E-state index in [1.165, 1.54) is 5.56 Å². The van der Waals surface area contributed by atoms with Crippen molar-refractivity contribution in [2.24, 2.45) is 11.7 Å². The summed E-state index contributed by atoms with van der Waals surface area (Å²) in [5, 5.41) is 3.28. The minimum Gasteiger partial charge on any atom is -0.496 e. The third-order valence-electron chi connectivity index (χ3n) is 2.73. The van der Waals surface area contributed by atoms with Crippen LogP contribution >= 0.6 is 0 Å². The van der Waals surface area contributed by atoms with Crippen molar-refractivity contribution < 1.29 is 4.74 Å². The molecule has 0 aliphatic carbocycles. The molecule has 0 saturated heterocycles. The summed E-state index contributed by atoms with van der Waals surface area (Å²) in [5.74, 6) is 1.29. The summed E-state index contributed by atoms with van der Waals surface area (Å²) in [6, 6.07) is 8.29. The Bertz CT molecular complexity index is 301. The van der Waals surface area contributed by atoms with E-state index >= 15 is 0 Å². The number of nitrogens with one attached hydrogen (secondary N) is 1. The van der Waals surface area contributed by atoms with Crippen molar-refractivity contribution in [2.75, 3.05) is 20.7 Å².